The SMILES string of the molecule is CC(C)c1ccccc1C(C(N)=O)c1nccs1. The standard InChI is InChI=1S/C14H16N2OS/c1-9(2)10-5-3-4-6-11(10)12(13(15)17)14-16-7-8-18-14/h3-9,12H,1-2H3,(H2,15,17). The van der Waals surface area contributed by atoms with Gasteiger partial charge in [0.05, 0.1) is 0 Å². The summed E-state index contributed by atoms with van der Waals surface area (Å²) in [4.78, 5) is 16.0. The number of benzene rings is 1. The Balaban J connectivity index is 2.53. The lowest BCUT2D eigenvalue weighted by Gasteiger charge is -2.18. The van der Waals surface area contributed by atoms with E-state index in [1.54, 1.807) is 6.20 Å². The summed E-state index contributed by atoms with van der Waals surface area (Å²) in [6, 6.07) is 7.93. The Morgan fingerprint density at radius 2 is 1.94 bits per heavy atom. The van der Waals surface area contributed by atoms with Gasteiger partial charge in [-0.25, -0.2) is 4.98 Å². The zero-order valence-corrected chi connectivity index (χ0v) is 11.3. The second-order valence-electron chi connectivity index (χ2n) is 4.49. The number of hydrogen-bond donors (Lipinski definition) is 1. The fourth-order valence-corrected chi connectivity index (χ4v) is 2.85. The van der Waals surface area contributed by atoms with Gasteiger partial charge in [0.2, 0.25) is 5.91 Å². The lowest BCUT2D eigenvalue weighted by atomic mass is 9.89. The van der Waals surface area contributed by atoms with Gasteiger partial charge < -0.3 is 5.73 Å². The molecule has 0 fully saturated rings. The van der Waals surface area contributed by atoms with E-state index in [1.165, 1.54) is 11.3 Å². The maximum absolute atomic E-state index is 11.8. The summed E-state index contributed by atoms with van der Waals surface area (Å²) in [5.41, 5.74) is 7.67. The van der Waals surface area contributed by atoms with Crippen LogP contribution in [0, 0.1) is 0 Å². The van der Waals surface area contributed by atoms with E-state index in [2.05, 4.69) is 18.8 Å². The van der Waals surface area contributed by atoms with Crippen molar-refractivity contribution in [2.45, 2.75) is 25.7 Å². The number of carbonyl (C=O) groups excluding carboxylic acids is 1. The second kappa shape index (κ2) is 5.31. The van der Waals surface area contributed by atoms with Crippen molar-refractivity contribution >= 4 is 17.2 Å². The topological polar surface area (TPSA) is 56.0 Å². The van der Waals surface area contributed by atoms with Crippen LogP contribution in [0.1, 0.15) is 41.8 Å². The number of nitrogens with two attached hydrogens (primary N) is 1. The predicted octanol–water partition coefficient (Wildman–Crippen LogP) is 2.88. The fraction of sp³-hybridized carbons (Fsp3) is 0.286. The van der Waals surface area contributed by atoms with Crippen molar-refractivity contribution in [2.75, 3.05) is 0 Å². The minimum atomic E-state index is -0.441. The van der Waals surface area contributed by atoms with Gasteiger partial charge in [-0.3, -0.25) is 4.79 Å². The number of aromatic nitrogens is 1. The van der Waals surface area contributed by atoms with E-state index in [9.17, 15) is 4.79 Å². The average Bonchev–Trinajstić information content (AvgIpc) is 2.83. The first-order chi connectivity index (χ1) is 8.61. The van der Waals surface area contributed by atoms with Gasteiger partial charge in [0.1, 0.15) is 10.9 Å². The minimum absolute atomic E-state index is 0.349. The normalized spacial score (nSPS) is 12.6. The fourth-order valence-electron chi connectivity index (χ4n) is 2.08. The van der Waals surface area contributed by atoms with Crippen LogP contribution in [-0.2, 0) is 4.79 Å². The smallest absolute Gasteiger partial charge is 0.231 e. The van der Waals surface area contributed by atoms with Crippen LogP contribution in [0.4, 0.5) is 0 Å². The molecule has 1 aromatic carbocycles. The maximum Gasteiger partial charge on any atom is 0.231 e. The van der Waals surface area contributed by atoms with Crippen molar-refractivity contribution < 1.29 is 4.79 Å². The summed E-state index contributed by atoms with van der Waals surface area (Å²) < 4.78 is 0. The zero-order valence-electron chi connectivity index (χ0n) is 10.5. The zero-order chi connectivity index (χ0) is 13.1. The number of rotatable bonds is 4. The molecule has 0 spiro atoms. The number of amides is 1. The van der Waals surface area contributed by atoms with Gasteiger partial charge in [0.15, 0.2) is 0 Å². The first-order valence-electron chi connectivity index (χ1n) is 5.88. The molecule has 1 aromatic heterocycles. The Bertz CT molecular complexity index is 534. The summed E-state index contributed by atoms with van der Waals surface area (Å²) in [7, 11) is 0. The van der Waals surface area contributed by atoms with Crippen LogP contribution in [0.3, 0.4) is 0 Å². The number of thiazole rings is 1. The van der Waals surface area contributed by atoms with Crippen molar-refractivity contribution in [1.82, 2.24) is 4.98 Å². The van der Waals surface area contributed by atoms with Crippen LogP contribution in [0.2, 0.25) is 0 Å². The molecule has 2 N–H and O–H groups in total. The largest absolute Gasteiger partial charge is 0.369 e. The van der Waals surface area contributed by atoms with E-state index in [4.69, 9.17) is 5.73 Å². The van der Waals surface area contributed by atoms with Crippen LogP contribution in [-0.4, -0.2) is 10.9 Å². The van der Waals surface area contributed by atoms with E-state index >= 15 is 0 Å². The third kappa shape index (κ3) is 2.43. The summed E-state index contributed by atoms with van der Waals surface area (Å²) >= 11 is 1.46. The Kier molecular flexibility index (Phi) is 3.77. The molecule has 0 bridgehead atoms. The van der Waals surface area contributed by atoms with Gasteiger partial charge in [-0.1, -0.05) is 38.1 Å². The lowest BCUT2D eigenvalue weighted by Crippen LogP contribution is -2.23. The Hall–Kier alpha value is -1.68. The van der Waals surface area contributed by atoms with Crippen molar-refractivity contribution in [2.24, 2.45) is 5.73 Å². The Morgan fingerprint density at radius 1 is 1.28 bits per heavy atom. The van der Waals surface area contributed by atoms with Gasteiger partial charge in [0, 0.05) is 11.6 Å². The highest BCUT2D eigenvalue weighted by atomic mass is 32.1. The van der Waals surface area contributed by atoms with E-state index in [0.29, 0.717) is 5.92 Å². The minimum Gasteiger partial charge on any atom is -0.369 e. The van der Waals surface area contributed by atoms with Crippen molar-refractivity contribution in [3.63, 3.8) is 0 Å². The molecule has 4 heteroatoms. The molecule has 0 saturated carbocycles. The molecule has 2 aromatic rings. The Morgan fingerprint density at radius 3 is 2.44 bits per heavy atom. The third-order valence-corrected chi connectivity index (χ3v) is 3.75. The first kappa shape index (κ1) is 12.8. The summed E-state index contributed by atoms with van der Waals surface area (Å²) in [5.74, 6) is -0.440. The van der Waals surface area contributed by atoms with E-state index in [0.717, 1.165) is 16.1 Å². The molecular formula is C14H16N2OS. The van der Waals surface area contributed by atoms with Crippen LogP contribution in [0.15, 0.2) is 35.8 Å². The van der Waals surface area contributed by atoms with E-state index < -0.39 is 5.92 Å². The molecular weight excluding hydrogens is 244 g/mol. The molecule has 0 aliphatic heterocycles. The highest BCUT2D eigenvalue weighted by molar-refractivity contribution is 7.09. The molecule has 2 rings (SSSR count). The van der Waals surface area contributed by atoms with Crippen LogP contribution < -0.4 is 5.73 Å². The number of nitrogens with zero attached hydrogens (tertiary/aromatic N) is 1. The summed E-state index contributed by atoms with van der Waals surface area (Å²) in [6.45, 7) is 4.22. The number of carbonyl (C=O) groups is 1. The van der Waals surface area contributed by atoms with Crippen molar-refractivity contribution in [3.8, 4) is 0 Å². The van der Waals surface area contributed by atoms with Gasteiger partial charge >= 0.3 is 0 Å². The maximum atomic E-state index is 11.8. The molecule has 94 valence electrons. The second-order valence-corrected chi connectivity index (χ2v) is 5.42. The average molecular weight is 260 g/mol. The quantitative estimate of drug-likeness (QED) is 0.919. The predicted molar refractivity (Wildman–Crippen MR) is 73.7 cm³/mol. The van der Waals surface area contributed by atoms with Crippen LogP contribution >= 0.6 is 11.3 Å². The molecule has 18 heavy (non-hydrogen) atoms. The third-order valence-electron chi connectivity index (χ3n) is 2.91. The number of hydrogen-bond acceptors (Lipinski definition) is 3. The molecule has 1 unspecified atom stereocenters. The molecule has 0 saturated heterocycles. The van der Waals surface area contributed by atoms with E-state index in [1.807, 2.05) is 29.6 Å². The van der Waals surface area contributed by atoms with E-state index in [-0.39, 0.29) is 5.91 Å². The molecule has 1 amide bonds. The Labute approximate surface area is 111 Å². The summed E-state index contributed by atoms with van der Waals surface area (Å²) in [6.07, 6.45) is 1.70. The number of primary amides is 1. The summed E-state index contributed by atoms with van der Waals surface area (Å²) in [5, 5.41) is 2.62. The van der Waals surface area contributed by atoms with Crippen LogP contribution in [0.5, 0.6) is 0 Å². The lowest BCUT2D eigenvalue weighted by molar-refractivity contribution is -0.118. The first-order valence-corrected chi connectivity index (χ1v) is 6.76. The van der Waals surface area contributed by atoms with Gasteiger partial charge in [-0.2, -0.15) is 0 Å². The van der Waals surface area contributed by atoms with Gasteiger partial charge in [-0.15, -0.1) is 11.3 Å². The molecule has 1 heterocycles. The van der Waals surface area contributed by atoms with Crippen molar-refractivity contribution in [3.05, 3.63) is 52.0 Å². The molecule has 1 atom stereocenters. The van der Waals surface area contributed by atoms with Gasteiger partial charge in [0.25, 0.3) is 0 Å². The molecule has 0 aliphatic carbocycles. The highest BCUT2D eigenvalue weighted by Gasteiger charge is 2.25. The monoisotopic (exact) mass is 260 g/mol. The highest BCUT2D eigenvalue weighted by Crippen LogP contribution is 2.31. The molecule has 3 nitrogen and oxygen atoms in total. The molecule has 0 radical (unpaired) electrons. The van der Waals surface area contributed by atoms with Crippen LogP contribution in [0.25, 0.3) is 0 Å². The molecule has 0 aliphatic rings. The van der Waals surface area contributed by atoms with Crippen molar-refractivity contribution in [1.29, 1.82) is 0 Å². The van der Waals surface area contributed by atoms with Gasteiger partial charge in [-0.05, 0) is 17.0 Å².